The molecule has 0 bridgehead atoms. The Bertz CT molecular complexity index is 696. The summed E-state index contributed by atoms with van der Waals surface area (Å²) in [4.78, 5) is 11.8. The highest BCUT2D eigenvalue weighted by molar-refractivity contribution is 6.06. The van der Waals surface area contributed by atoms with Crippen LogP contribution in [0.4, 0.5) is 13.2 Å². The predicted octanol–water partition coefficient (Wildman–Crippen LogP) is 3.74. The molecule has 110 valence electrons. The SMILES string of the molecule is C=CC(=O)c1cc(-c2nnc(C(F)F)o2)cc(F)c1CC. The number of hydrogen-bond donors (Lipinski definition) is 0. The molecule has 0 spiro atoms. The molecule has 1 aromatic carbocycles. The zero-order valence-corrected chi connectivity index (χ0v) is 11.1. The van der Waals surface area contributed by atoms with Gasteiger partial charge in [-0.25, -0.2) is 4.39 Å². The summed E-state index contributed by atoms with van der Waals surface area (Å²) < 4.78 is 43.6. The quantitative estimate of drug-likeness (QED) is 0.623. The van der Waals surface area contributed by atoms with E-state index in [1.807, 2.05) is 0 Å². The Labute approximate surface area is 118 Å². The number of nitrogens with zero attached hydrogens (tertiary/aromatic N) is 2. The summed E-state index contributed by atoms with van der Waals surface area (Å²) in [5.41, 5.74) is 0.380. The summed E-state index contributed by atoms with van der Waals surface area (Å²) in [6, 6.07) is 2.40. The summed E-state index contributed by atoms with van der Waals surface area (Å²) in [6.45, 7) is 5.04. The van der Waals surface area contributed by atoms with Crippen molar-refractivity contribution in [3.05, 3.63) is 47.6 Å². The lowest BCUT2D eigenvalue weighted by molar-refractivity contribution is 0.104. The van der Waals surface area contributed by atoms with E-state index in [1.54, 1.807) is 6.92 Å². The van der Waals surface area contributed by atoms with Crippen molar-refractivity contribution in [2.45, 2.75) is 19.8 Å². The van der Waals surface area contributed by atoms with Crippen LogP contribution in [0.2, 0.25) is 0 Å². The lowest BCUT2D eigenvalue weighted by Gasteiger charge is -2.08. The maximum atomic E-state index is 14.0. The maximum Gasteiger partial charge on any atom is 0.314 e. The van der Waals surface area contributed by atoms with Gasteiger partial charge in [-0.1, -0.05) is 13.5 Å². The van der Waals surface area contributed by atoms with Crippen LogP contribution in [0, 0.1) is 5.82 Å². The summed E-state index contributed by atoms with van der Waals surface area (Å²) in [7, 11) is 0. The molecular formula is C14H11F3N2O2. The minimum Gasteiger partial charge on any atom is -0.415 e. The van der Waals surface area contributed by atoms with E-state index < -0.39 is 23.9 Å². The van der Waals surface area contributed by atoms with Gasteiger partial charge in [0, 0.05) is 11.1 Å². The molecule has 7 heteroatoms. The van der Waals surface area contributed by atoms with Crippen molar-refractivity contribution in [3.63, 3.8) is 0 Å². The van der Waals surface area contributed by atoms with Crippen LogP contribution in [-0.4, -0.2) is 16.0 Å². The van der Waals surface area contributed by atoms with Gasteiger partial charge in [-0.2, -0.15) is 8.78 Å². The second-order valence-corrected chi connectivity index (χ2v) is 4.15. The van der Waals surface area contributed by atoms with E-state index in [1.165, 1.54) is 6.07 Å². The zero-order valence-electron chi connectivity index (χ0n) is 11.1. The van der Waals surface area contributed by atoms with Crippen LogP contribution in [0.15, 0.2) is 29.2 Å². The highest BCUT2D eigenvalue weighted by atomic mass is 19.3. The van der Waals surface area contributed by atoms with Gasteiger partial charge in [0.05, 0.1) is 0 Å². The van der Waals surface area contributed by atoms with Gasteiger partial charge in [0.25, 0.3) is 5.89 Å². The fraction of sp³-hybridized carbons (Fsp3) is 0.214. The van der Waals surface area contributed by atoms with Crippen LogP contribution in [-0.2, 0) is 6.42 Å². The van der Waals surface area contributed by atoms with Gasteiger partial charge < -0.3 is 4.42 Å². The molecule has 1 aromatic heterocycles. The number of allylic oxidation sites excluding steroid dienone is 1. The van der Waals surface area contributed by atoms with Crippen LogP contribution in [0.3, 0.4) is 0 Å². The molecule has 0 radical (unpaired) electrons. The first-order chi connectivity index (χ1) is 9.97. The summed E-state index contributed by atoms with van der Waals surface area (Å²) in [5.74, 6) is -2.25. The van der Waals surface area contributed by atoms with E-state index in [2.05, 4.69) is 16.8 Å². The van der Waals surface area contributed by atoms with Gasteiger partial charge in [-0.3, -0.25) is 4.79 Å². The van der Waals surface area contributed by atoms with Crippen LogP contribution >= 0.6 is 0 Å². The number of hydrogen-bond acceptors (Lipinski definition) is 4. The fourth-order valence-corrected chi connectivity index (χ4v) is 1.89. The van der Waals surface area contributed by atoms with E-state index in [4.69, 9.17) is 4.42 Å². The molecular weight excluding hydrogens is 285 g/mol. The standard InChI is InChI=1S/C14H11F3N2O2/c1-3-8-9(11(20)4-2)5-7(6-10(8)15)13-18-19-14(21-13)12(16)17/h4-6,12H,2-3H2,1H3. The van der Waals surface area contributed by atoms with Crippen molar-refractivity contribution in [1.29, 1.82) is 0 Å². The normalized spacial score (nSPS) is 10.9. The van der Waals surface area contributed by atoms with Gasteiger partial charge in [0.1, 0.15) is 5.82 Å². The molecule has 21 heavy (non-hydrogen) atoms. The number of carbonyl (C=O) groups excluding carboxylic acids is 1. The minimum absolute atomic E-state index is 0.0642. The van der Waals surface area contributed by atoms with Crippen molar-refractivity contribution in [3.8, 4) is 11.5 Å². The lowest BCUT2D eigenvalue weighted by atomic mass is 9.98. The number of ketones is 1. The van der Waals surface area contributed by atoms with E-state index in [0.717, 1.165) is 12.1 Å². The summed E-state index contributed by atoms with van der Waals surface area (Å²) in [5, 5.41) is 6.59. The van der Waals surface area contributed by atoms with Gasteiger partial charge in [-0.15, -0.1) is 10.2 Å². The maximum absolute atomic E-state index is 14.0. The van der Waals surface area contributed by atoms with Crippen LogP contribution in [0.1, 0.15) is 35.2 Å². The average molecular weight is 296 g/mol. The average Bonchev–Trinajstić information content (AvgIpc) is 2.95. The van der Waals surface area contributed by atoms with Crippen molar-refractivity contribution in [2.24, 2.45) is 0 Å². The molecule has 1 heterocycles. The first kappa shape index (κ1) is 15.0. The van der Waals surface area contributed by atoms with Gasteiger partial charge in [0.2, 0.25) is 5.89 Å². The number of alkyl halides is 2. The highest BCUT2D eigenvalue weighted by Crippen LogP contribution is 2.27. The largest absolute Gasteiger partial charge is 0.415 e. The molecule has 0 aliphatic rings. The smallest absolute Gasteiger partial charge is 0.314 e. The lowest BCUT2D eigenvalue weighted by Crippen LogP contribution is -2.03. The van der Waals surface area contributed by atoms with Crippen molar-refractivity contribution in [1.82, 2.24) is 10.2 Å². The molecule has 0 aliphatic heterocycles. The van der Waals surface area contributed by atoms with Crippen molar-refractivity contribution >= 4 is 5.78 Å². The third-order valence-electron chi connectivity index (χ3n) is 2.87. The number of carbonyl (C=O) groups is 1. The Morgan fingerprint density at radius 1 is 1.43 bits per heavy atom. The summed E-state index contributed by atoms with van der Waals surface area (Å²) >= 11 is 0. The number of halogens is 3. The van der Waals surface area contributed by atoms with Crippen LogP contribution in [0.5, 0.6) is 0 Å². The van der Waals surface area contributed by atoms with Crippen molar-refractivity contribution < 1.29 is 22.4 Å². The topological polar surface area (TPSA) is 56.0 Å². The molecule has 2 rings (SSSR count). The molecule has 0 N–H and O–H groups in total. The molecule has 0 amide bonds. The van der Waals surface area contributed by atoms with E-state index >= 15 is 0 Å². The predicted molar refractivity (Wildman–Crippen MR) is 68.6 cm³/mol. The number of benzene rings is 1. The Balaban J connectivity index is 2.56. The van der Waals surface area contributed by atoms with Gasteiger partial charge >= 0.3 is 6.43 Å². The first-order valence-corrected chi connectivity index (χ1v) is 6.09. The molecule has 0 saturated heterocycles. The fourth-order valence-electron chi connectivity index (χ4n) is 1.89. The third kappa shape index (κ3) is 2.86. The molecule has 0 aliphatic carbocycles. The first-order valence-electron chi connectivity index (χ1n) is 6.09. The zero-order chi connectivity index (χ0) is 15.6. The second-order valence-electron chi connectivity index (χ2n) is 4.15. The third-order valence-corrected chi connectivity index (χ3v) is 2.87. The molecule has 0 atom stereocenters. The van der Waals surface area contributed by atoms with Crippen LogP contribution in [0.25, 0.3) is 11.5 Å². The van der Waals surface area contributed by atoms with E-state index in [9.17, 15) is 18.0 Å². The Hall–Kier alpha value is -2.44. The molecule has 0 saturated carbocycles. The molecule has 0 unspecified atom stereocenters. The van der Waals surface area contributed by atoms with Gasteiger partial charge in [-0.05, 0) is 30.2 Å². The highest BCUT2D eigenvalue weighted by Gasteiger charge is 2.20. The Kier molecular flexibility index (Phi) is 4.21. The van der Waals surface area contributed by atoms with Crippen LogP contribution < -0.4 is 0 Å². The second kappa shape index (κ2) is 5.90. The monoisotopic (exact) mass is 296 g/mol. The van der Waals surface area contributed by atoms with E-state index in [-0.39, 0.29) is 22.6 Å². The summed E-state index contributed by atoms with van der Waals surface area (Å²) in [6.07, 6.45) is -1.57. The minimum atomic E-state index is -2.92. The molecule has 2 aromatic rings. The molecule has 0 fully saturated rings. The van der Waals surface area contributed by atoms with E-state index in [0.29, 0.717) is 6.42 Å². The molecule has 4 nitrogen and oxygen atoms in total. The van der Waals surface area contributed by atoms with Gasteiger partial charge in [0.15, 0.2) is 5.78 Å². The van der Waals surface area contributed by atoms with Crippen molar-refractivity contribution in [2.75, 3.05) is 0 Å². The Morgan fingerprint density at radius 2 is 2.14 bits per heavy atom. The number of rotatable bonds is 5. The Morgan fingerprint density at radius 3 is 2.67 bits per heavy atom. The number of aromatic nitrogens is 2.